The number of H-pyrrole nitrogens is 1. The van der Waals surface area contributed by atoms with E-state index in [1.165, 1.54) is 6.20 Å². The van der Waals surface area contributed by atoms with Gasteiger partial charge in [-0.1, -0.05) is 5.92 Å². The molecule has 0 atom stereocenters. The molecular formula is C12H8N2O3. The lowest BCUT2D eigenvalue weighted by Crippen LogP contribution is -2.06. The highest BCUT2D eigenvalue weighted by atomic mass is 16.4. The summed E-state index contributed by atoms with van der Waals surface area (Å²) in [6, 6.07) is 4.98. The summed E-state index contributed by atoms with van der Waals surface area (Å²) in [6.45, 7) is 0. The second-order valence-corrected chi connectivity index (χ2v) is 3.38. The number of hydrogen-bond acceptors (Lipinski definition) is 2. The van der Waals surface area contributed by atoms with Crippen LogP contribution in [0.1, 0.15) is 15.9 Å². The lowest BCUT2D eigenvalue weighted by molar-refractivity contribution is -0.112. The molecule has 1 amide bonds. The van der Waals surface area contributed by atoms with Crippen LogP contribution in [0.25, 0.3) is 10.9 Å². The summed E-state index contributed by atoms with van der Waals surface area (Å²) in [7, 11) is 0. The molecule has 1 aromatic heterocycles. The fraction of sp³-hybridized carbons (Fsp3) is 0. The number of carboxylic acids is 1. The molecule has 1 heterocycles. The molecule has 2 rings (SSSR count). The first-order chi connectivity index (χ1) is 8.08. The largest absolute Gasteiger partial charge is 0.478 e. The normalized spacial score (nSPS) is 9.65. The summed E-state index contributed by atoms with van der Waals surface area (Å²) in [5.41, 5.74) is 6.31. The van der Waals surface area contributed by atoms with Gasteiger partial charge in [0.2, 0.25) is 0 Å². The molecule has 0 aliphatic carbocycles. The Morgan fingerprint density at radius 3 is 2.76 bits per heavy atom. The van der Waals surface area contributed by atoms with Gasteiger partial charge in [-0.05, 0) is 24.1 Å². The molecule has 5 nitrogen and oxygen atoms in total. The van der Waals surface area contributed by atoms with Crippen LogP contribution in [-0.4, -0.2) is 22.0 Å². The van der Waals surface area contributed by atoms with Gasteiger partial charge in [0.05, 0.1) is 5.56 Å². The lowest BCUT2D eigenvalue weighted by Gasteiger charge is -1.94. The Bertz CT molecular complexity index is 674. The number of primary amides is 1. The summed E-state index contributed by atoms with van der Waals surface area (Å²) < 4.78 is 0. The topological polar surface area (TPSA) is 96.2 Å². The molecule has 0 spiro atoms. The summed E-state index contributed by atoms with van der Waals surface area (Å²) in [5, 5.41) is 9.50. The van der Waals surface area contributed by atoms with Crippen LogP contribution in [0.4, 0.5) is 0 Å². The number of fused-ring (bicyclic) bond motifs is 1. The van der Waals surface area contributed by atoms with Crippen LogP contribution in [0.3, 0.4) is 0 Å². The van der Waals surface area contributed by atoms with Crippen LogP contribution in [0.2, 0.25) is 0 Å². The van der Waals surface area contributed by atoms with Crippen molar-refractivity contribution in [3.63, 3.8) is 0 Å². The number of nitrogens with two attached hydrogens (primary N) is 1. The van der Waals surface area contributed by atoms with Crippen molar-refractivity contribution in [3.05, 3.63) is 35.5 Å². The number of aromatic nitrogens is 1. The molecule has 17 heavy (non-hydrogen) atoms. The average Bonchev–Trinajstić information content (AvgIpc) is 2.69. The maximum atomic E-state index is 10.9. The van der Waals surface area contributed by atoms with E-state index in [4.69, 9.17) is 10.8 Å². The molecule has 84 valence electrons. The van der Waals surface area contributed by atoms with Gasteiger partial charge in [0.25, 0.3) is 5.91 Å². The summed E-state index contributed by atoms with van der Waals surface area (Å²) >= 11 is 0. The van der Waals surface area contributed by atoms with Gasteiger partial charge < -0.3 is 15.8 Å². The molecule has 0 unspecified atom stereocenters. The first kappa shape index (κ1) is 10.8. The predicted octanol–water partition coefficient (Wildman–Crippen LogP) is 0.703. The number of carbonyl (C=O) groups is 2. The molecule has 4 N–H and O–H groups in total. The van der Waals surface area contributed by atoms with Gasteiger partial charge in [-0.15, -0.1) is 0 Å². The van der Waals surface area contributed by atoms with Gasteiger partial charge in [-0.25, -0.2) is 4.79 Å². The molecule has 5 heteroatoms. The molecule has 2 aromatic rings. The Morgan fingerprint density at radius 1 is 1.35 bits per heavy atom. The Morgan fingerprint density at radius 2 is 2.12 bits per heavy atom. The van der Waals surface area contributed by atoms with E-state index in [9.17, 15) is 9.59 Å². The summed E-state index contributed by atoms with van der Waals surface area (Å²) in [6.07, 6.45) is 1.41. The van der Waals surface area contributed by atoms with Crippen molar-refractivity contribution >= 4 is 22.8 Å². The molecule has 0 saturated carbocycles. The minimum absolute atomic E-state index is 0.169. The molecule has 0 aliphatic heterocycles. The average molecular weight is 228 g/mol. The highest BCUT2D eigenvalue weighted by Crippen LogP contribution is 2.19. The van der Waals surface area contributed by atoms with Crippen LogP contribution in [0, 0.1) is 11.8 Å². The zero-order valence-electron chi connectivity index (χ0n) is 8.65. The van der Waals surface area contributed by atoms with E-state index in [2.05, 4.69) is 16.8 Å². The van der Waals surface area contributed by atoms with Crippen LogP contribution >= 0.6 is 0 Å². The van der Waals surface area contributed by atoms with Crippen LogP contribution < -0.4 is 5.73 Å². The van der Waals surface area contributed by atoms with Gasteiger partial charge in [-0.3, -0.25) is 4.79 Å². The summed E-state index contributed by atoms with van der Waals surface area (Å²) in [4.78, 5) is 24.3. The minimum Gasteiger partial charge on any atom is -0.478 e. The standard InChI is InChI=1S/C12H8N2O3/c13-11(15)4-2-7-1-3-10-8(5-7)9(6-14-10)12(16)17/h1,3,5-6,14H,(H2,13,15)(H,16,17). The first-order valence-corrected chi connectivity index (χ1v) is 4.74. The maximum Gasteiger partial charge on any atom is 0.337 e. The Balaban J connectivity index is 2.56. The van der Waals surface area contributed by atoms with Crippen LogP contribution in [-0.2, 0) is 4.79 Å². The SMILES string of the molecule is NC(=O)C#Cc1ccc2[nH]cc(C(=O)O)c2c1. The fourth-order valence-electron chi connectivity index (χ4n) is 1.51. The molecule has 0 aliphatic rings. The van der Waals surface area contributed by atoms with Gasteiger partial charge >= 0.3 is 5.97 Å². The van der Waals surface area contributed by atoms with Crippen LogP contribution in [0.5, 0.6) is 0 Å². The third-order valence-electron chi connectivity index (χ3n) is 2.24. The smallest absolute Gasteiger partial charge is 0.337 e. The molecular weight excluding hydrogens is 220 g/mol. The number of nitrogens with one attached hydrogen (secondary N) is 1. The van der Waals surface area contributed by atoms with Gasteiger partial charge in [0, 0.05) is 22.7 Å². The number of aromatic carboxylic acids is 1. The van der Waals surface area contributed by atoms with Crippen LogP contribution in [0.15, 0.2) is 24.4 Å². The lowest BCUT2D eigenvalue weighted by atomic mass is 10.1. The molecule has 1 aromatic carbocycles. The van der Waals surface area contributed by atoms with Crippen molar-refractivity contribution in [1.82, 2.24) is 4.98 Å². The third-order valence-corrected chi connectivity index (χ3v) is 2.24. The van der Waals surface area contributed by atoms with E-state index in [-0.39, 0.29) is 5.56 Å². The number of carbonyl (C=O) groups excluding carboxylic acids is 1. The number of aromatic amines is 1. The van der Waals surface area contributed by atoms with E-state index in [0.29, 0.717) is 16.5 Å². The maximum absolute atomic E-state index is 10.9. The Kier molecular flexibility index (Phi) is 2.55. The zero-order valence-corrected chi connectivity index (χ0v) is 8.65. The highest BCUT2D eigenvalue weighted by Gasteiger charge is 2.10. The monoisotopic (exact) mass is 228 g/mol. The van der Waals surface area contributed by atoms with Gasteiger partial charge in [-0.2, -0.15) is 0 Å². The second kappa shape index (κ2) is 4.02. The second-order valence-electron chi connectivity index (χ2n) is 3.38. The zero-order chi connectivity index (χ0) is 12.4. The number of carboxylic acid groups (broad SMARTS) is 1. The van der Waals surface area contributed by atoms with E-state index < -0.39 is 11.9 Å². The first-order valence-electron chi connectivity index (χ1n) is 4.74. The van der Waals surface area contributed by atoms with Crippen molar-refractivity contribution in [3.8, 4) is 11.8 Å². The molecule has 0 saturated heterocycles. The van der Waals surface area contributed by atoms with Gasteiger partial charge in [0.15, 0.2) is 0 Å². The highest BCUT2D eigenvalue weighted by molar-refractivity contribution is 6.03. The van der Waals surface area contributed by atoms with Crippen molar-refractivity contribution in [1.29, 1.82) is 0 Å². The number of hydrogen-bond donors (Lipinski definition) is 3. The van der Waals surface area contributed by atoms with E-state index in [1.54, 1.807) is 18.2 Å². The van der Waals surface area contributed by atoms with Crippen molar-refractivity contribution in [2.24, 2.45) is 5.73 Å². The fourth-order valence-corrected chi connectivity index (χ4v) is 1.51. The predicted molar refractivity (Wildman–Crippen MR) is 61.3 cm³/mol. The molecule has 0 bridgehead atoms. The Labute approximate surface area is 96.2 Å². The van der Waals surface area contributed by atoms with E-state index >= 15 is 0 Å². The van der Waals surface area contributed by atoms with Crippen molar-refractivity contribution in [2.45, 2.75) is 0 Å². The summed E-state index contributed by atoms with van der Waals surface area (Å²) in [5.74, 6) is 3.02. The quantitative estimate of drug-likeness (QED) is 0.627. The van der Waals surface area contributed by atoms with E-state index in [0.717, 1.165) is 0 Å². The van der Waals surface area contributed by atoms with E-state index in [1.807, 2.05) is 0 Å². The van der Waals surface area contributed by atoms with Gasteiger partial charge in [0.1, 0.15) is 0 Å². The number of rotatable bonds is 1. The Hall–Kier alpha value is -2.74. The molecule has 0 radical (unpaired) electrons. The number of benzene rings is 1. The number of amides is 1. The molecule has 0 fully saturated rings. The minimum atomic E-state index is -1.02. The van der Waals surface area contributed by atoms with Crippen molar-refractivity contribution in [2.75, 3.05) is 0 Å². The van der Waals surface area contributed by atoms with Crippen molar-refractivity contribution < 1.29 is 14.7 Å². The third kappa shape index (κ3) is 2.11.